The number of nitriles is 1. The van der Waals surface area contributed by atoms with E-state index in [-0.39, 0.29) is 5.92 Å². The van der Waals surface area contributed by atoms with Crippen molar-refractivity contribution in [3.8, 4) is 6.07 Å². The summed E-state index contributed by atoms with van der Waals surface area (Å²) < 4.78 is 0.548. The van der Waals surface area contributed by atoms with Crippen LogP contribution in [-0.2, 0) is 4.79 Å². The van der Waals surface area contributed by atoms with Gasteiger partial charge in [0.25, 0.3) is 0 Å². The topological polar surface area (TPSA) is 102 Å². The summed E-state index contributed by atoms with van der Waals surface area (Å²) in [5.74, 6) is -1.25. The first-order valence-corrected chi connectivity index (χ1v) is 7.18. The Balaban J connectivity index is 2.77. The van der Waals surface area contributed by atoms with E-state index in [0.717, 1.165) is 0 Å². The highest BCUT2D eigenvalue weighted by molar-refractivity contribution is 9.10. The Bertz CT molecular complexity index is 583. The third-order valence-electron chi connectivity index (χ3n) is 3.11. The largest absolute Gasteiger partial charge is 0.480 e. The molecule has 0 bridgehead atoms. The second-order valence-electron chi connectivity index (χ2n) is 4.61. The summed E-state index contributed by atoms with van der Waals surface area (Å²) in [6, 6.07) is 5.12. The van der Waals surface area contributed by atoms with Crippen LogP contribution in [0.5, 0.6) is 0 Å². The molecule has 0 aliphatic rings. The molecule has 0 heterocycles. The van der Waals surface area contributed by atoms with Gasteiger partial charge in [0.15, 0.2) is 0 Å². The highest BCUT2D eigenvalue weighted by atomic mass is 79.9. The van der Waals surface area contributed by atoms with Crippen molar-refractivity contribution in [3.63, 3.8) is 0 Å². The van der Waals surface area contributed by atoms with E-state index in [1.165, 1.54) is 0 Å². The van der Waals surface area contributed by atoms with Crippen LogP contribution in [0, 0.1) is 17.2 Å². The summed E-state index contributed by atoms with van der Waals surface area (Å²) >= 11 is 3.24. The van der Waals surface area contributed by atoms with Crippen LogP contribution in [0.25, 0.3) is 0 Å². The third kappa shape index (κ3) is 4.76. The second kappa shape index (κ2) is 7.64. The van der Waals surface area contributed by atoms with E-state index < -0.39 is 18.0 Å². The van der Waals surface area contributed by atoms with Crippen LogP contribution in [0.15, 0.2) is 22.7 Å². The van der Waals surface area contributed by atoms with E-state index in [4.69, 9.17) is 10.4 Å². The van der Waals surface area contributed by atoms with Gasteiger partial charge in [0.05, 0.1) is 17.3 Å². The van der Waals surface area contributed by atoms with Crippen molar-refractivity contribution >= 4 is 33.6 Å². The van der Waals surface area contributed by atoms with Gasteiger partial charge in [-0.25, -0.2) is 9.59 Å². The molecule has 0 radical (unpaired) electrons. The minimum atomic E-state index is -1.07. The molecule has 6 nitrogen and oxygen atoms in total. The molecule has 0 fully saturated rings. The summed E-state index contributed by atoms with van der Waals surface area (Å²) in [6.07, 6.45) is 0.637. The van der Waals surface area contributed by atoms with Crippen LogP contribution in [0.2, 0.25) is 0 Å². The van der Waals surface area contributed by atoms with Crippen LogP contribution in [0.3, 0.4) is 0 Å². The zero-order valence-corrected chi connectivity index (χ0v) is 13.3. The van der Waals surface area contributed by atoms with Crippen LogP contribution in [0.1, 0.15) is 25.8 Å². The maximum Gasteiger partial charge on any atom is 0.326 e. The summed E-state index contributed by atoms with van der Waals surface area (Å²) in [5.41, 5.74) is 0.913. The fourth-order valence-electron chi connectivity index (χ4n) is 1.67. The molecule has 21 heavy (non-hydrogen) atoms. The summed E-state index contributed by atoms with van der Waals surface area (Å²) in [6.45, 7) is 3.62. The molecule has 2 amide bonds. The van der Waals surface area contributed by atoms with Crippen LogP contribution in [0.4, 0.5) is 10.5 Å². The number of urea groups is 1. The molecule has 1 rings (SSSR count). The van der Waals surface area contributed by atoms with E-state index in [1.54, 1.807) is 25.1 Å². The third-order valence-corrected chi connectivity index (χ3v) is 3.77. The standard InChI is InChI=1S/C14H16BrN3O3/c1-3-8(2)12(13(19)20)18-14(21)17-11-5-4-9(7-16)6-10(11)15/h4-6,8,12H,3H2,1-2H3,(H,19,20)(H2,17,18,21)/t8-,12-/m0/s1. The number of carboxylic acids is 1. The van der Waals surface area contributed by atoms with Crippen LogP contribution < -0.4 is 10.6 Å². The zero-order valence-electron chi connectivity index (χ0n) is 11.7. The molecule has 0 aromatic heterocycles. The SMILES string of the molecule is CC[C@H](C)[C@H](NC(=O)Nc1ccc(C#N)cc1Br)C(=O)O. The molecule has 112 valence electrons. The molecule has 0 saturated heterocycles. The van der Waals surface area contributed by atoms with Gasteiger partial charge in [-0.05, 0) is 40.0 Å². The second-order valence-corrected chi connectivity index (χ2v) is 5.46. The number of carbonyl (C=O) groups excluding carboxylic acids is 1. The number of nitrogens with one attached hydrogen (secondary N) is 2. The van der Waals surface area contributed by atoms with Crippen molar-refractivity contribution < 1.29 is 14.7 Å². The highest BCUT2D eigenvalue weighted by Crippen LogP contribution is 2.23. The Morgan fingerprint density at radius 1 is 1.48 bits per heavy atom. The first kappa shape index (κ1) is 17.0. The molecule has 0 aliphatic heterocycles. The number of halogens is 1. The number of carboxylic acid groups (broad SMARTS) is 1. The molecule has 1 aromatic rings. The van der Waals surface area contributed by atoms with Crippen molar-refractivity contribution in [2.45, 2.75) is 26.3 Å². The Morgan fingerprint density at radius 3 is 2.62 bits per heavy atom. The van der Waals surface area contributed by atoms with Crippen LogP contribution >= 0.6 is 15.9 Å². The Hall–Kier alpha value is -2.07. The Morgan fingerprint density at radius 2 is 2.14 bits per heavy atom. The van der Waals surface area contributed by atoms with Gasteiger partial charge in [-0.3, -0.25) is 0 Å². The smallest absolute Gasteiger partial charge is 0.326 e. The first-order chi connectivity index (χ1) is 9.88. The van der Waals surface area contributed by atoms with E-state index in [9.17, 15) is 9.59 Å². The highest BCUT2D eigenvalue weighted by Gasteiger charge is 2.25. The normalized spacial score (nSPS) is 12.9. The van der Waals surface area contributed by atoms with E-state index >= 15 is 0 Å². The molecular formula is C14H16BrN3O3. The number of hydrogen-bond acceptors (Lipinski definition) is 3. The van der Waals surface area contributed by atoms with Gasteiger partial charge in [-0.1, -0.05) is 20.3 Å². The predicted molar refractivity (Wildman–Crippen MR) is 81.9 cm³/mol. The lowest BCUT2D eigenvalue weighted by atomic mass is 9.99. The van der Waals surface area contributed by atoms with Crippen molar-refractivity contribution in [1.29, 1.82) is 5.26 Å². The van der Waals surface area contributed by atoms with Crippen molar-refractivity contribution in [3.05, 3.63) is 28.2 Å². The minimum absolute atomic E-state index is 0.183. The lowest BCUT2D eigenvalue weighted by Gasteiger charge is -2.20. The van der Waals surface area contributed by atoms with Gasteiger partial charge in [0.2, 0.25) is 0 Å². The van der Waals surface area contributed by atoms with Crippen molar-refractivity contribution in [2.24, 2.45) is 5.92 Å². The maximum atomic E-state index is 11.9. The molecule has 3 N–H and O–H groups in total. The zero-order chi connectivity index (χ0) is 16.0. The van der Waals surface area contributed by atoms with Gasteiger partial charge in [-0.2, -0.15) is 5.26 Å². The Labute approximate surface area is 131 Å². The monoisotopic (exact) mass is 353 g/mol. The predicted octanol–water partition coefficient (Wildman–Crippen LogP) is 2.94. The van der Waals surface area contributed by atoms with Gasteiger partial charge in [-0.15, -0.1) is 0 Å². The fourth-order valence-corrected chi connectivity index (χ4v) is 2.15. The summed E-state index contributed by atoms with van der Waals surface area (Å²) in [4.78, 5) is 23.0. The van der Waals surface area contributed by atoms with Gasteiger partial charge in [0, 0.05) is 4.47 Å². The fraction of sp³-hybridized carbons (Fsp3) is 0.357. The molecule has 1 aromatic carbocycles. The Kier molecular flexibility index (Phi) is 6.18. The van der Waals surface area contributed by atoms with Crippen LogP contribution in [-0.4, -0.2) is 23.1 Å². The molecule has 0 aliphatic carbocycles. The summed E-state index contributed by atoms with van der Waals surface area (Å²) in [5, 5.41) is 22.9. The number of benzene rings is 1. The number of amides is 2. The molecule has 7 heteroatoms. The molecular weight excluding hydrogens is 338 g/mol. The van der Waals surface area contributed by atoms with E-state index in [0.29, 0.717) is 22.1 Å². The number of aliphatic carboxylic acids is 1. The minimum Gasteiger partial charge on any atom is -0.480 e. The van der Waals surface area contributed by atoms with E-state index in [1.807, 2.05) is 13.0 Å². The number of nitrogens with zero attached hydrogens (tertiary/aromatic N) is 1. The lowest BCUT2D eigenvalue weighted by molar-refractivity contribution is -0.140. The van der Waals surface area contributed by atoms with Crippen molar-refractivity contribution in [1.82, 2.24) is 5.32 Å². The molecule has 0 saturated carbocycles. The maximum absolute atomic E-state index is 11.9. The molecule has 0 unspecified atom stereocenters. The number of rotatable bonds is 5. The van der Waals surface area contributed by atoms with E-state index in [2.05, 4.69) is 26.6 Å². The molecule has 2 atom stereocenters. The van der Waals surface area contributed by atoms with Crippen molar-refractivity contribution in [2.75, 3.05) is 5.32 Å². The van der Waals surface area contributed by atoms with Gasteiger partial charge < -0.3 is 15.7 Å². The number of anilines is 1. The first-order valence-electron chi connectivity index (χ1n) is 6.39. The summed E-state index contributed by atoms with van der Waals surface area (Å²) in [7, 11) is 0. The number of hydrogen-bond donors (Lipinski definition) is 3. The average molecular weight is 354 g/mol. The quantitative estimate of drug-likeness (QED) is 0.756. The van der Waals surface area contributed by atoms with Gasteiger partial charge >= 0.3 is 12.0 Å². The molecule has 0 spiro atoms. The number of carbonyl (C=O) groups is 2. The average Bonchev–Trinajstić information content (AvgIpc) is 2.45. The van der Waals surface area contributed by atoms with Gasteiger partial charge in [0.1, 0.15) is 6.04 Å². The lowest BCUT2D eigenvalue weighted by Crippen LogP contribution is -2.46.